The van der Waals surface area contributed by atoms with Gasteiger partial charge in [-0.1, -0.05) is 26.1 Å². The van der Waals surface area contributed by atoms with Crippen molar-refractivity contribution in [2.75, 3.05) is 0 Å². The topological polar surface area (TPSA) is 39.6 Å². The molecule has 1 aromatic heterocycles. The molecule has 1 N–H and O–H groups in total. The van der Waals surface area contributed by atoms with Gasteiger partial charge in [-0.15, -0.1) is 0 Å². The average Bonchev–Trinajstić information content (AvgIpc) is 2.12. The first-order chi connectivity index (χ1) is 6.97. The van der Waals surface area contributed by atoms with Crippen LogP contribution in [0.5, 0.6) is 0 Å². The zero-order chi connectivity index (χ0) is 11.6. The molecule has 0 aliphatic rings. The van der Waals surface area contributed by atoms with E-state index in [-0.39, 0.29) is 0 Å². The molecule has 0 fully saturated rings. The molecular weight excluding hydrogens is 204 g/mol. The summed E-state index contributed by atoms with van der Waals surface area (Å²) in [5.74, 6) is 0.582. The second-order valence-electron chi connectivity index (χ2n) is 4.27. The summed E-state index contributed by atoms with van der Waals surface area (Å²) in [7, 11) is 0. The molecule has 0 aliphatic carbocycles. The van der Waals surface area contributed by atoms with E-state index in [1.807, 2.05) is 13.8 Å². The van der Waals surface area contributed by atoms with Crippen LogP contribution >= 0.6 is 12.2 Å². The largest absolute Gasteiger partial charge is 0.349 e. The molecule has 0 bridgehead atoms. The smallest absolute Gasteiger partial charge is 0.121 e. The molecule has 3 heteroatoms. The van der Waals surface area contributed by atoms with E-state index in [0.717, 1.165) is 17.7 Å². The van der Waals surface area contributed by atoms with E-state index in [4.69, 9.17) is 17.5 Å². The fourth-order valence-electron chi connectivity index (χ4n) is 1.76. The third kappa shape index (κ3) is 2.45. The number of H-pyrrole nitrogens is 1. The average molecular weight is 220 g/mol. The first kappa shape index (κ1) is 11.9. The molecule has 80 valence electrons. The van der Waals surface area contributed by atoms with Crippen LogP contribution in [-0.4, -0.2) is 4.98 Å². The maximum atomic E-state index is 9.01. The van der Waals surface area contributed by atoms with Crippen molar-refractivity contribution in [1.82, 2.24) is 4.98 Å². The number of aryl methyl sites for hydroxylation is 1. The van der Waals surface area contributed by atoms with Gasteiger partial charge in [-0.05, 0) is 37.3 Å². The van der Waals surface area contributed by atoms with Gasteiger partial charge in [0.25, 0.3) is 0 Å². The Bertz CT molecular complexity index is 464. The van der Waals surface area contributed by atoms with Crippen LogP contribution in [0.4, 0.5) is 0 Å². The van der Waals surface area contributed by atoms with Crippen LogP contribution in [0.1, 0.15) is 36.2 Å². The standard InChI is InChI=1S/C12H16N2S/c1-7(2)5-10-8(3)11(6-13)12(15)14-9(10)4/h7H,5H2,1-4H3,(H,14,15). The number of pyridine rings is 1. The van der Waals surface area contributed by atoms with E-state index < -0.39 is 0 Å². The van der Waals surface area contributed by atoms with E-state index in [1.54, 1.807) is 0 Å². The predicted molar refractivity (Wildman–Crippen MR) is 64.4 cm³/mol. The number of aromatic nitrogens is 1. The summed E-state index contributed by atoms with van der Waals surface area (Å²) in [4.78, 5) is 3.10. The molecule has 0 spiro atoms. The van der Waals surface area contributed by atoms with Crippen molar-refractivity contribution in [3.63, 3.8) is 0 Å². The van der Waals surface area contributed by atoms with Crippen molar-refractivity contribution in [3.8, 4) is 6.07 Å². The van der Waals surface area contributed by atoms with Gasteiger partial charge in [0, 0.05) is 5.69 Å². The number of hydrogen-bond donors (Lipinski definition) is 1. The Morgan fingerprint density at radius 1 is 1.40 bits per heavy atom. The maximum absolute atomic E-state index is 9.01. The highest BCUT2D eigenvalue weighted by Crippen LogP contribution is 2.20. The van der Waals surface area contributed by atoms with Gasteiger partial charge < -0.3 is 4.98 Å². The van der Waals surface area contributed by atoms with Crippen LogP contribution in [0.25, 0.3) is 0 Å². The molecule has 1 rings (SSSR count). The second kappa shape index (κ2) is 4.59. The molecule has 0 aliphatic heterocycles. The highest BCUT2D eigenvalue weighted by molar-refractivity contribution is 7.71. The summed E-state index contributed by atoms with van der Waals surface area (Å²) in [6.07, 6.45) is 0.985. The Hall–Kier alpha value is -1.14. The van der Waals surface area contributed by atoms with Crippen molar-refractivity contribution < 1.29 is 0 Å². The lowest BCUT2D eigenvalue weighted by Gasteiger charge is -2.13. The number of nitriles is 1. The van der Waals surface area contributed by atoms with E-state index in [2.05, 4.69) is 24.9 Å². The zero-order valence-electron chi connectivity index (χ0n) is 9.64. The number of nitrogens with one attached hydrogen (secondary N) is 1. The Kier molecular flexibility index (Phi) is 3.65. The van der Waals surface area contributed by atoms with Gasteiger partial charge in [-0.2, -0.15) is 5.26 Å². The minimum Gasteiger partial charge on any atom is -0.349 e. The SMILES string of the molecule is Cc1[nH]c(=S)c(C#N)c(C)c1CC(C)C. The molecule has 0 unspecified atom stereocenters. The van der Waals surface area contributed by atoms with Gasteiger partial charge in [-0.3, -0.25) is 0 Å². The molecule has 0 aromatic carbocycles. The Labute approximate surface area is 96.0 Å². The quantitative estimate of drug-likeness (QED) is 0.776. The monoisotopic (exact) mass is 220 g/mol. The molecule has 0 saturated carbocycles. The van der Waals surface area contributed by atoms with Crippen LogP contribution in [-0.2, 0) is 6.42 Å². The van der Waals surface area contributed by atoms with Crippen LogP contribution in [0, 0.1) is 35.7 Å². The molecule has 15 heavy (non-hydrogen) atoms. The highest BCUT2D eigenvalue weighted by atomic mass is 32.1. The molecule has 2 nitrogen and oxygen atoms in total. The van der Waals surface area contributed by atoms with Crippen LogP contribution in [0.3, 0.4) is 0 Å². The zero-order valence-corrected chi connectivity index (χ0v) is 10.5. The summed E-state index contributed by atoms with van der Waals surface area (Å²) < 4.78 is 0.556. The van der Waals surface area contributed by atoms with Crippen molar-refractivity contribution in [3.05, 3.63) is 27.0 Å². The molecular formula is C12H16N2S. The maximum Gasteiger partial charge on any atom is 0.121 e. The Balaban J connectivity index is 3.41. The van der Waals surface area contributed by atoms with E-state index in [0.29, 0.717) is 16.1 Å². The predicted octanol–water partition coefficient (Wildman–Crippen LogP) is 3.43. The van der Waals surface area contributed by atoms with E-state index in [9.17, 15) is 0 Å². The van der Waals surface area contributed by atoms with Crippen molar-refractivity contribution in [2.45, 2.75) is 34.1 Å². The van der Waals surface area contributed by atoms with Gasteiger partial charge in [0.15, 0.2) is 0 Å². The highest BCUT2D eigenvalue weighted by Gasteiger charge is 2.10. The van der Waals surface area contributed by atoms with Crippen molar-refractivity contribution in [1.29, 1.82) is 5.26 Å². The minimum atomic E-state index is 0.556. The molecule has 0 amide bonds. The molecule has 1 heterocycles. The van der Waals surface area contributed by atoms with Gasteiger partial charge in [0.05, 0.1) is 5.56 Å². The normalized spacial score (nSPS) is 10.4. The fraction of sp³-hybridized carbons (Fsp3) is 0.500. The first-order valence-electron chi connectivity index (χ1n) is 5.09. The summed E-state index contributed by atoms with van der Waals surface area (Å²) in [6.45, 7) is 8.34. The number of aromatic amines is 1. The molecule has 0 atom stereocenters. The lowest BCUT2D eigenvalue weighted by Crippen LogP contribution is -2.04. The fourth-order valence-corrected chi connectivity index (χ4v) is 2.11. The van der Waals surface area contributed by atoms with Crippen LogP contribution in [0.2, 0.25) is 0 Å². The summed E-state index contributed by atoms with van der Waals surface area (Å²) in [6, 6.07) is 2.17. The minimum absolute atomic E-state index is 0.556. The Morgan fingerprint density at radius 3 is 2.47 bits per heavy atom. The first-order valence-corrected chi connectivity index (χ1v) is 5.50. The number of hydrogen-bond acceptors (Lipinski definition) is 2. The van der Waals surface area contributed by atoms with Crippen LogP contribution < -0.4 is 0 Å². The van der Waals surface area contributed by atoms with E-state index in [1.165, 1.54) is 5.56 Å². The third-order valence-corrected chi connectivity index (χ3v) is 2.84. The van der Waals surface area contributed by atoms with Crippen molar-refractivity contribution in [2.24, 2.45) is 5.92 Å². The molecule has 1 aromatic rings. The molecule has 0 radical (unpaired) electrons. The molecule has 0 saturated heterocycles. The third-order valence-electron chi connectivity index (χ3n) is 2.53. The summed E-state index contributed by atoms with van der Waals surface area (Å²) in [5.41, 5.74) is 3.97. The van der Waals surface area contributed by atoms with Gasteiger partial charge in [0.1, 0.15) is 10.7 Å². The van der Waals surface area contributed by atoms with Crippen molar-refractivity contribution >= 4 is 12.2 Å². The van der Waals surface area contributed by atoms with E-state index >= 15 is 0 Å². The van der Waals surface area contributed by atoms with Gasteiger partial charge in [0.2, 0.25) is 0 Å². The second-order valence-corrected chi connectivity index (χ2v) is 4.68. The van der Waals surface area contributed by atoms with Crippen LogP contribution in [0.15, 0.2) is 0 Å². The van der Waals surface area contributed by atoms with Gasteiger partial charge in [-0.25, -0.2) is 0 Å². The van der Waals surface area contributed by atoms with Gasteiger partial charge >= 0.3 is 0 Å². The Morgan fingerprint density at radius 2 is 2.00 bits per heavy atom. The summed E-state index contributed by atoms with van der Waals surface area (Å²) in [5, 5.41) is 9.01. The lowest BCUT2D eigenvalue weighted by atomic mass is 9.95. The number of rotatable bonds is 2. The number of nitrogens with zero attached hydrogens (tertiary/aromatic N) is 1. The summed E-state index contributed by atoms with van der Waals surface area (Å²) >= 11 is 5.12. The lowest BCUT2D eigenvalue weighted by molar-refractivity contribution is 0.639.